The van der Waals surface area contributed by atoms with Crippen molar-refractivity contribution in [1.82, 2.24) is 9.88 Å². The highest BCUT2D eigenvalue weighted by Crippen LogP contribution is 2.20. The van der Waals surface area contributed by atoms with Crippen LogP contribution in [0, 0.1) is 0 Å². The first-order valence-corrected chi connectivity index (χ1v) is 9.84. The predicted octanol–water partition coefficient (Wildman–Crippen LogP) is 4.60. The lowest BCUT2D eigenvalue weighted by Crippen LogP contribution is -2.49. The molecule has 0 saturated heterocycles. The summed E-state index contributed by atoms with van der Waals surface area (Å²) in [5.74, 6) is -0.589. The molecule has 0 saturated carbocycles. The Morgan fingerprint density at radius 1 is 1.10 bits per heavy atom. The number of carbonyl (C=O) groups is 2. The van der Waals surface area contributed by atoms with Crippen molar-refractivity contribution in [1.29, 1.82) is 0 Å². The number of nitrogens with zero attached hydrogens (tertiary/aromatic N) is 2. The number of carbonyl (C=O) groups excluding carboxylic acids is 2. The molecule has 1 amide bonds. The van der Waals surface area contributed by atoms with Crippen LogP contribution in [0.25, 0.3) is 17.2 Å². The van der Waals surface area contributed by atoms with Crippen LogP contribution in [0.1, 0.15) is 39.1 Å². The zero-order valence-corrected chi connectivity index (χ0v) is 17.7. The van der Waals surface area contributed by atoms with Crippen LogP contribution in [0.4, 0.5) is 0 Å². The van der Waals surface area contributed by atoms with Crippen molar-refractivity contribution in [2.24, 2.45) is 0 Å². The Labute approximate surface area is 176 Å². The van der Waals surface area contributed by atoms with E-state index in [1.54, 1.807) is 17.9 Å². The molecule has 1 heterocycles. The third kappa shape index (κ3) is 5.35. The average Bonchev–Trinajstić information content (AvgIpc) is 3.13. The highest BCUT2D eigenvalue weighted by molar-refractivity contribution is 5.90. The Kier molecular flexibility index (Phi) is 6.35. The number of para-hydroxylation sites is 2. The molecular weight excluding hydrogens is 380 g/mol. The van der Waals surface area contributed by atoms with Crippen molar-refractivity contribution >= 4 is 29.1 Å². The molecule has 0 radical (unpaired) electrons. The molecule has 0 N–H and O–H groups in total. The normalized spacial score (nSPS) is 12.8. The largest absolute Gasteiger partial charge is 0.449 e. The molecule has 2 aromatic carbocycles. The first-order valence-electron chi connectivity index (χ1n) is 9.84. The van der Waals surface area contributed by atoms with E-state index in [1.165, 1.54) is 12.2 Å². The minimum Gasteiger partial charge on any atom is -0.449 e. The number of ether oxygens (including phenoxy) is 1. The zero-order valence-electron chi connectivity index (χ0n) is 17.7. The number of fused-ring (bicyclic) bond motifs is 1. The minimum atomic E-state index is -0.922. The monoisotopic (exact) mass is 406 g/mol. The molecule has 0 fully saturated rings. The van der Waals surface area contributed by atoms with Crippen LogP contribution in [0.2, 0.25) is 0 Å². The minimum absolute atomic E-state index is 0.255. The van der Waals surface area contributed by atoms with E-state index in [1.807, 2.05) is 69.3 Å². The molecule has 1 aromatic heterocycles. The lowest BCUT2D eigenvalue weighted by Gasteiger charge is -2.37. The van der Waals surface area contributed by atoms with Crippen molar-refractivity contribution in [3.63, 3.8) is 0 Å². The molecule has 0 aliphatic rings. The van der Waals surface area contributed by atoms with E-state index in [0.717, 1.165) is 5.56 Å². The Morgan fingerprint density at radius 2 is 1.77 bits per heavy atom. The fraction of sp³-hybridized carbons (Fsp3) is 0.292. The van der Waals surface area contributed by atoms with Gasteiger partial charge in [0, 0.05) is 24.2 Å². The number of hydrogen-bond donors (Lipinski definition) is 0. The van der Waals surface area contributed by atoms with E-state index in [-0.39, 0.29) is 5.91 Å². The molecule has 6 nitrogen and oxygen atoms in total. The highest BCUT2D eigenvalue weighted by Gasteiger charge is 2.31. The molecule has 30 heavy (non-hydrogen) atoms. The third-order valence-electron chi connectivity index (χ3n) is 4.57. The lowest BCUT2D eigenvalue weighted by molar-refractivity contribution is -0.158. The van der Waals surface area contributed by atoms with Crippen molar-refractivity contribution in [3.05, 3.63) is 72.1 Å². The van der Waals surface area contributed by atoms with Gasteiger partial charge >= 0.3 is 5.97 Å². The zero-order chi connectivity index (χ0) is 21.7. The molecule has 0 bridgehead atoms. The molecule has 0 spiro atoms. The van der Waals surface area contributed by atoms with Gasteiger partial charge in [-0.3, -0.25) is 4.79 Å². The first-order chi connectivity index (χ1) is 14.2. The number of aromatic nitrogens is 1. The van der Waals surface area contributed by atoms with Gasteiger partial charge in [-0.25, -0.2) is 9.78 Å². The quantitative estimate of drug-likeness (QED) is 0.442. The van der Waals surface area contributed by atoms with Crippen molar-refractivity contribution in [2.45, 2.75) is 45.9 Å². The first kappa shape index (κ1) is 21.3. The van der Waals surface area contributed by atoms with Gasteiger partial charge in [-0.1, -0.05) is 42.5 Å². The maximum atomic E-state index is 13.0. The second kappa shape index (κ2) is 8.95. The van der Waals surface area contributed by atoms with Gasteiger partial charge in [-0.2, -0.15) is 0 Å². The molecule has 1 atom stereocenters. The molecule has 0 aliphatic heterocycles. The third-order valence-corrected chi connectivity index (χ3v) is 4.57. The molecule has 3 rings (SSSR count). The number of amides is 1. The summed E-state index contributed by atoms with van der Waals surface area (Å²) in [6.07, 6.45) is 1.73. The van der Waals surface area contributed by atoms with E-state index in [4.69, 9.17) is 9.15 Å². The van der Waals surface area contributed by atoms with Crippen LogP contribution in [0.5, 0.6) is 0 Å². The Bertz CT molecular complexity index is 1010. The van der Waals surface area contributed by atoms with Crippen molar-refractivity contribution in [3.8, 4) is 0 Å². The van der Waals surface area contributed by atoms with Gasteiger partial charge in [0.2, 0.25) is 5.89 Å². The number of oxazole rings is 1. The van der Waals surface area contributed by atoms with Gasteiger partial charge in [0.05, 0.1) is 0 Å². The number of benzene rings is 2. The van der Waals surface area contributed by atoms with E-state index >= 15 is 0 Å². The fourth-order valence-corrected chi connectivity index (χ4v) is 3.00. The molecule has 3 aromatic rings. The van der Waals surface area contributed by atoms with Crippen LogP contribution < -0.4 is 0 Å². The van der Waals surface area contributed by atoms with Gasteiger partial charge in [0.25, 0.3) is 5.91 Å². The van der Waals surface area contributed by atoms with Crippen molar-refractivity contribution < 1.29 is 18.7 Å². The van der Waals surface area contributed by atoms with Gasteiger partial charge in [0.15, 0.2) is 11.7 Å². The summed E-state index contributed by atoms with van der Waals surface area (Å²) in [7, 11) is 0. The van der Waals surface area contributed by atoms with Gasteiger partial charge in [0.1, 0.15) is 5.52 Å². The van der Waals surface area contributed by atoms with E-state index in [0.29, 0.717) is 23.5 Å². The Balaban J connectivity index is 1.65. The molecule has 6 heteroatoms. The van der Waals surface area contributed by atoms with Crippen molar-refractivity contribution in [2.75, 3.05) is 0 Å². The summed E-state index contributed by atoms with van der Waals surface area (Å²) in [5, 5.41) is 0. The topological polar surface area (TPSA) is 72.6 Å². The average molecular weight is 406 g/mol. The maximum Gasteiger partial charge on any atom is 0.331 e. The van der Waals surface area contributed by atoms with Crippen LogP contribution in [-0.2, 0) is 20.9 Å². The second-order valence-corrected chi connectivity index (χ2v) is 8.01. The Morgan fingerprint density at radius 3 is 2.43 bits per heavy atom. The van der Waals surface area contributed by atoms with E-state index in [9.17, 15) is 9.59 Å². The van der Waals surface area contributed by atoms with Gasteiger partial charge in [-0.15, -0.1) is 0 Å². The smallest absolute Gasteiger partial charge is 0.331 e. The SMILES string of the molecule is C[C@H](OC(=O)/C=C/c1nc2ccccc2o1)C(=O)N(Cc1ccccc1)C(C)(C)C. The standard InChI is InChI=1S/C24H26N2O4/c1-17(23(28)26(24(2,3)4)16-18-10-6-5-7-11-18)29-22(27)15-14-21-25-19-12-8-9-13-20(19)30-21/h5-15,17H,16H2,1-4H3/b15-14+/t17-/m0/s1. The number of esters is 1. The second-order valence-electron chi connectivity index (χ2n) is 8.01. The number of hydrogen-bond acceptors (Lipinski definition) is 5. The predicted molar refractivity (Wildman–Crippen MR) is 115 cm³/mol. The van der Waals surface area contributed by atoms with E-state index in [2.05, 4.69) is 4.98 Å². The maximum absolute atomic E-state index is 13.0. The summed E-state index contributed by atoms with van der Waals surface area (Å²) in [4.78, 5) is 31.2. The van der Waals surface area contributed by atoms with Crippen LogP contribution >= 0.6 is 0 Å². The lowest BCUT2D eigenvalue weighted by atomic mass is 10.0. The summed E-state index contributed by atoms with van der Waals surface area (Å²) in [6.45, 7) is 7.88. The summed E-state index contributed by atoms with van der Waals surface area (Å²) >= 11 is 0. The summed E-state index contributed by atoms with van der Waals surface area (Å²) in [6, 6.07) is 17.0. The van der Waals surface area contributed by atoms with Gasteiger partial charge in [-0.05, 0) is 45.4 Å². The molecule has 0 unspecified atom stereocenters. The Hall–Kier alpha value is -3.41. The summed E-state index contributed by atoms with van der Waals surface area (Å²) < 4.78 is 10.9. The van der Waals surface area contributed by atoms with Crippen LogP contribution in [-0.4, -0.2) is 33.4 Å². The highest BCUT2D eigenvalue weighted by atomic mass is 16.5. The van der Waals surface area contributed by atoms with E-state index < -0.39 is 17.6 Å². The molecule has 0 aliphatic carbocycles. The van der Waals surface area contributed by atoms with Gasteiger partial charge < -0.3 is 14.1 Å². The fourth-order valence-electron chi connectivity index (χ4n) is 3.00. The van der Waals surface area contributed by atoms with Crippen LogP contribution in [0.3, 0.4) is 0 Å². The molecule has 156 valence electrons. The number of rotatable bonds is 6. The van der Waals surface area contributed by atoms with Crippen LogP contribution in [0.15, 0.2) is 65.1 Å². The molecular formula is C24H26N2O4. The summed E-state index contributed by atoms with van der Waals surface area (Å²) in [5.41, 5.74) is 1.92.